The van der Waals surface area contributed by atoms with Crippen molar-refractivity contribution >= 4 is 11.4 Å². The number of rotatable bonds is 2. The molecule has 19 heavy (non-hydrogen) atoms. The van der Waals surface area contributed by atoms with Crippen molar-refractivity contribution in [2.24, 2.45) is 0 Å². The van der Waals surface area contributed by atoms with Gasteiger partial charge in [0.2, 0.25) is 0 Å². The number of halogens is 2. The van der Waals surface area contributed by atoms with Gasteiger partial charge in [-0.1, -0.05) is 0 Å². The lowest BCUT2D eigenvalue weighted by molar-refractivity contribution is 0.426. The van der Waals surface area contributed by atoms with Crippen LogP contribution < -0.4 is 10.6 Å². The van der Waals surface area contributed by atoms with Crippen LogP contribution in [0.4, 0.5) is 20.2 Å². The second-order valence-electron chi connectivity index (χ2n) is 4.48. The zero-order chi connectivity index (χ0) is 13.4. The molecule has 0 bridgehead atoms. The molecule has 0 aliphatic carbocycles. The largest absolute Gasteiger partial charge is 0.399 e. The SMILES string of the molecule is Nc1cc(F)c(N2CCC(n3ncnn3)C2)c(F)c1. The highest BCUT2D eigenvalue weighted by molar-refractivity contribution is 5.56. The third-order valence-electron chi connectivity index (χ3n) is 3.21. The Hall–Kier alpha value is -2.25. The first-order valence-corrected chi connectivity index (χ1v) is 5.87. The smallest absolute Gasteiger partial charge is 0.162 e. The molecule has 1 saturated heterocycles. The second kappa shape index (κ2) is 4.45. The van der Waals surface area contributed by atoms with Gasteiger partial charge in [-0.3, -0.25) is 0 Å². The number of nitrogens with two attached hydrogens (primary N) is 1. The summed E-state index contributed by atoms with van der Waals surface area (Å²) in [6.45, 7) is 0.970. The molecule has 100 valence electrons. The number of tetrazole rings is 1. The highest BCUT2D eigenvalue weighted by Gasteiger charge is 2.29. The van der Waals surface area contributed by atoms with E-state index in [1.807, 2.05) is 0 Å². The summed E-state index contributed by atoms with van der Waals surface area (Å²) < 4.78 is 27.6. The Balaban J connectivity index is 1.85. The maximum atomic E-state index is 13.8. The van der Waals surface area contributed by atoms with Crippen LogP contribution in [-0.4, -0.2) is 33.3 Å². The Morgan fingerprint density at radius 2 is 2.00 bits per heavy atom. The zero-order valence-corrected chi connectivity index (χ0v) is 10.0. The number of anilines is 2. The fourth-order valence-electron chi connectivity index (χ4n) is 2.36. The predicted octanol–water partition coefficient (Wildman–Crippen LogP) is 0.985. The van der Waals surface area contributed by atoms with Crippen molar-refractivity contribution in [3.8, 4) is 0 Å². The normalized spacial score (nSPS) is 19.1. The van der Waals surface area contributed by atoms with Crippen LogP contribution in [-0.2, 0) is 0 Å². The molecule has 2 N–H and O–H groups in total. The average Bonchev–Trinajstić information content (AvgIpc) is 2.97. The van der Waals surface area contributed by atoms with E-state index in [1.54, 1.807) is 4.90 Å². The van der Waals surface area contributed by atoms with E-state index in [2.05, 4.69) is 15.4 Å². The van der Waals surface area contributed by atoms with Crippen LogP contribution in [0.3, 0.4) is 0 Å². The lowest BCUT2D eigenvalue weighted by atomic mass is 10.2. The minimum atomic E-state index is -0.648. The van der Waals surface area contributed by atoms with E-state index in [0.717, 1.165) is 12.1 Å². The van der Waals surface area contributed by atoms with Gasteiger partial charge in [-0.05, 0) is 23.8 Å². The third kappa shape index (κ3) is 2.09. The van der Waals surface area contributed by atoms with E-state index in [9.17, 15) is 8.78 Å². The van der Waals surface area contributed by atoms with Gasteiger partial charge in [0.15, 0.2) is 18.0 Å². The Kier molecular flexibility index (Phi) is 2.77. The van der Waals surface area contributed by atoms with Gasteiger partial charge in [0.05, 0.1) is 6.04 Å². The maximum absolute atomic E-state index is 13.8. The number of nitrogens with zero attached hydrogens (tertiary/aromatic N) is 5. The Morgan fingerprint density at radius 3 is 2.63 bits per heavy atom. The molecule has 2 aromatic rings. The lowest BCUT2D eigenvalue weighted by Gasteiger charge is -2.20. The molecule has 0 radical (unpaired) electrons. The van der Waals surface area contributed by atoms with Crippen molar-refractivity contribution in [2.45, 2.75) is 12.5 Å². The molecule has 1 aliphatic rings. The van der Waals surface area contributed by atoms with Crippen molar-refractivity contribution < 1.29 is 8.78 Å². The fourth-order valence-corrected chi connectivity index (χ4v) is 2.36. The van der Waals surface area contributed by atoms with Crippen molar-refractivity contribution in [3.05, 3.63) is 30.1 Å². The Labute approximate surface area is 107 Å². The zero-order valence-electron chi connectivity index (χ0n) is 10.0. The molecule has 1 atom stereocenters. The minimum Gasteiger partial charge on any atom is -0.399 e. The summed E-state index contributed by atoms with van der Waals surface area (Å²) in [7, 11) is 0. The molecule has 0 amide bonds. The molecular weight excluding hydrogens is 254 g/mol. The first kappa shape index (κ1) is 11.8. The van der Waals surface area contributed by atoms with Gasteiger partial charge in [-0.25, -0.2) is 8.78 Å². The Bertz CT molecular complexity index is 562. The minimum absolute atomic E-state index is 0.0288. The molecule has 1 unspecified atom stereocenters. The van der Waals surface area contributed by atoms with Crippen molar-refractivity contribution in [1.82, 2.24) is 20.2 Å². The molecule has 8 heteroatoms. The average molecular weight is 266 g/mol. The summed E-state index contributed by atoms with van der Waals surface area (Å²) in [6.07, 6.45) is 2.05. The molecule has 3 rings (SSSR count). The van der Waals surface area contributed by atoms with Crippen molar-refractivity contribution in [3.63, 3.8) is 0 Å². The van der Waals surface area contributed by atoms with Gasteiger partial charge >= 0.3 is 0 Å². The van der Waals surface area contributed by atoms with Crippen LogP contribution in [0.15, 0.2) is 18.5 Å². The summed E-state index contributed by atoms with van der Waals surface area (Å²) in [5.74, 6) is -1.30. The van der Waals surface area contributed by atoms with Crippen LogP contribution in [0.2, 0.25) is 0 Å². The first-order chi connectivity index (χ1) is 9.15. The number of hydrogen-bond donors (Lipinski definition) is 1. The summed E-state index contributed by atoms with van der Waals surface area (Å²) in [6, 6.07) is 2.22. The quantitative estimate of drug-likeness (QED) is 0.820. The summed E-state index contributed by atoms with van der Waals surface area (Å²) >= 11 is 0. The van der Waals surface area contributed by atoms with Crippen LogP contribution in [0.25, 0.3) is 0 Å². The molecule has 0 saturated carbocycles. The molecule has 1 aromatic heterocycles. The van der Waals surface area contributed by atoms with Crippen LogP contribution >= 0.6 is 0 Å². The molecule has 1 aliphatic heterocycles. The molecule has 0 spiro atoms. The van der Waals surface area contributed by atoms with E-state index in [4.69, 9.17) is 5.73 Å². The molecule has 1 aromatic carbocycles. The Morgan fingerprint density at radius 1 is 1.26 bits per heavy atom. The number of benzene rings is 1. The van der Waals surface area contributed by atoms with E-state index in [1.165, 1.54) is 11.1 Å². The van der Waals surface area contributed by atoms with Gasteiger partial charge in [0.25, 0.3) is 0 Å². The lowest BCUT2D eigenvalue weighted by Crippen LogP contribution is -2.24. The number of nitrogen functional groups attached to an aromatic ring is 1. The highest BCUT2D eigenvalue weighted by Crippen LogP contribution is 2.31. The van der Waals surface area contributed by atoms with E-state index in [-0.39, 0.29) is 17.4 Å². The molecule has 6 nitrogen and oxygen atoms in total. The van der Waals surface area contributed by atoms with Gasteiger partial charge in [-0.2, -0.15) is 4.80 Å². The predicted molar refractivity (Wildman–Crippen MR) is 64.5 cm³/mol. The first-order valence-electron chi connectivity index (χ1n) is 5.87. The third-order valence-corrected chi connectivity index (χ3v) is 3.21. The van der Waals surface area contributed by atoms with E-state index >= 15 is 0 Å². The van der Waals surface area contributed by atoms with Crippen LogP contribution in [0.5, 0.6) is 0 Å². The van der Waals surface area contributed by atoms with Crippen molar-refractivity contribution in [1.29, 1.82) is 0 Å². The summed E-state index contributed by atoms with van der Waals surface area (Å²) in [4.78, 5) is 3.10. The number of aromatic nitrogens is 4. The van der Waals surface area contributed by atoms with Gasteiger partial charge < -0.3 is 10.6 Å². The molecular formula is C11H12F2N6. The van der Waals surface area contributed by atoms with Crippen molar-refractivity contribution in [2.75, 3.05) is 23.7 Å². The topological polar surface area (TPSA) is 72.9 Å². The van der Waals surface area contributed by atoms with E-state index < -0.39 is 11.6 Å². The molecule has 2 heterocycles. The van der Waals surface area contributed by atoms with Crippen LogP contribution in [0, 0.1) is 11.6 Å². The standard InChI is InChI=1S/C11H12F2N6/c12-9-3-7(14)4-10(13)11(9)18-2-1-8(5-18)19-16-6-15-17-19/h3-4,6,8H,1-2,5,14H2. The summed E-state index contributed by atoms with van der Waals surface area (Å²) in [5, 5.41) is 11.4. The second-order valence-corrected chi connectivity index (χ2v) is 4.48. The van der Waals surface area contributed by atoms with Gasteiger partial charge in [0.1, 0.15) is 5.69 Å². The maximum Gasteiger partial charge on any atom is 0.162 e. The van der Waals surface area contributed by atoms with Gasteiger partial charge in [0, 0.05) is 18.8 Å². The monoisotopic (exact) mass is 266 g/mol. The summed E-state index contributed by atoms with van der Waals surface area (Å²) in [5.41, 5.74) is 5.43. The highest BCUT2D eigenvalue weighted by atomic mass is 19.1. The van der Waals surface area contributed by atoms with E-state index in [0.29, 0.717) is 19.5 Å². The number of hydrogen-bond acceptors (Lipinski definition) is 5. The van der Waals surface area contributed by atoms with Crippen LogP contribution in [0.1, 0.15) is 12.5 Å². The van der Waals surface area contributed by atoms with Gasteiger partial charge in [-0.15, -0.1) is 10.2 Å². The molecule has 1 fully saturated rings. The fraction of sp³-hybridized carbons (Fsp3) is 0.364.